The van der Waals surface area contributed by atoms with Gasteiger partial charge in [0.15, 0.2) is 5.11 Å². The minimum atomic E-state index is -3.68. The van der Waals surface area contributed by atoms with Crippen molar-refractivity contribution in [2.24, 2.45) is 0 Å². The highest BCUT2D eigenvalue weighted by Gasteiger charge is 2.32. The largest absolute Gasteiger partial charge is 0.332 e. The Balaban J connectivity index is 1.17. The maximum atomic E-state index is 13.5. The first-order chi connectivity index (χ1) is 20.8. The van der Waals surface area contributed by atoms with Crippen LogP contribution in [0.4, 0.5) is 5.69 Å². The molecule has 43 heavy (non-hydrogen) atoms. The van der Waals surface area contributed by atoms with E-state index in [4.69, 9.17) is 23.8 Å². The van der Waals surface area contributed by atoms with Gasteiger partial charge >= 0.3 is 0 Å². The minimum Gasteiger partial charge on any atom is -0.332 e. The van der Waals surface area contributed by atoms with Crippen LogP contribution in [0.2, 0.25) is 5.02 Å². The van der Waals surface area contributed by atoms with Crippen molar-refractivity contribution in [1.29, 1.82) is 0 Å². The Hall–Kier alpha value is -3.86. The normalized spacial score (nSPS) is 14.6. The van der Waals surface area contributed by atoms with Gasteiger partial charge in [0.1, 0.15) is 0 Å². The van der Waals surface area contributed by atoms with Gasteiger partial charge in [0, 0.05) is 43.0 Å². The minimum absolute atomic E-state index is 0.0508. The number of hydrogen-bond acceptors (Lipinski definition) is 5. The summed E-state index contributed by atoms with van der Waals surface area (Å²) in [7, 11) is -3.68. The van der Waals surface area contributed by atoms with Crippen LogP contribution in [-0.2, 0) is 14.8 Å². The summed E-state index contributed by atoms with van der Waals surface area (Å²) in [6.45, 7) is 1.98. The average Bonchev–Trinajstić information content (AvgIpc) is 3.02. The molecule has 1 aliphatic heterocycles. The van der Waals surface area contributed by atoms with Crippen LogP contribution >= 0.6 is 23.8 Å². The van der Waals surface area contributed by atoms with Crippen LogP contribution in [0.1, 0.15) is 22.7 Å². The molecular weight excluding hydrogens is 600 g/mol. The highest BCUT2D eigenvalue weighted by molar-refractivity contribution is 7.89. The number of halogens is 1. The third kappa shape index (κ3) is 7.95. The van der Waals surface area contributed by atoms with Gasteiger partial charge in [0.25, 0.3) is 0 Å². The number of benzene rings is 4. The van der Waals surface area contributed by atoms with Crippen LogP contribution in [0.15, 0.2) is 120 Å². The smallest absolute Gasteiger partial charge is 0.250 e. The van der Waals surface area contributed by atoms with E-state index in [1.807, 2.05) is 36.4 Å². The molecule has 1 saturated heterocycles. The van der Waals surface area contributed by atoms with Gasteiger partial charge in [-0.05, 0) is 71.4 Å². The molecule has 1 heterocycles. The topological polar surface area (TPSA) is 81.8 Å². The molecule has 1 fully saturated rings. The second-order valence-electron chi connectivity index (χ2n) is 10.0. The Morgan fingerprint density at radius 2 is 1.35 bits per heavy atom. The predicted molar refractivity (Wildman–Crippen MR) is 176 cm³/mol. The lowest BCUT2D eigenvalue weighted by atomic mass is 9.96. The molecule has 4 aromatic carbocycles. The van der Waals surface area contributed by atoms with Crippen LogP contribution in [-0.4, -0.2) is 54.8 Å². The molecule has 0 aromatic heterocycles. The van der Waals surface area contributed by atoms with E-state index < -0.39 is 15.9 Å². The molecule has 0 spiro atoms. The number of sulfonamides is 1. The van der Waals surface area contributed by atoms with E-state index in [1.165, 1.54) is 21.5 Å². The average molecular weight is 631 g/mol. The van der Waals surface area contributed by atoms with Gasteiger partial charge in [0.05, 0.1) is 10.9 Å². The summed E-state index contributed by atoms with van der Waals surface area (Å²) in [5.41, 5.74) is 3.74. The maximum Gasteiger partial charge on any atom is 0.250 e. The van der Waals surface area contributed by atoms with Gasteiger partial charge in [-0.1, -0.05) is 84.4 Å². The van der Waals surface area contributed by atoms with Crippen LogP contribution < -0.4 is 10.6 Å². The molecule has 220 valence electrons. The molecule has 5 rings (SSSR count). The van der Waals surface area contributed by atoms with Crippen LogP contribution in [0.5, 0.6) is 0 Å². The monoisotopic (exact) mass is 630 g/mol. The molecule has 0 bridgehead atoms. The van der Waals surface area contributed by atoms with Crippen molar-refractivity contribution in [3.63, 3.8) is 0 Å². The van der Waals surface area contributed by atoms with Crippen molar-refractivity contribution in [3.8, 4) is 0 Å². The van der Waals surface area contributed by atoms with E-state index in [9.17, 15) is 13.2 Å². The molecular formula is C33H31ClN4O3S2. The lowest BCUT2D eigenvalue weighted by molar-refractivity contribution is -0.115. The number of carbonyl (C=O) groups is 1. The predicted octanol–water partition coefficient (Wildman–Crippen LogP) is 5.96. The Morgan fingerprint density at radius 3 is 1.91 bits per heavy atom. The SMILES string of the molecule is O=C(/C=C/c1ccc(Cl)cc1)NC(=S)Nc1ccc(S(=O)(=O)N2CCN(C(c3ccccc3)c3ccccc3)CC2)cc1. The summed E-state index contributed by atoms with van der Waals surface area (Å²) in [6, 6.07) is 34.1. The molecule has 0 saturated carbocycles. The fraction of sp³-hybridized carbons (Fsp3) is 0.152. The highest BCUT2D eigenvalue weighted by Crippen LogP contribution is 2.30. The fourth-order valence-corrected chi connectivity index (χ4v) is 6.77. The molecule has 1 aliphatic rings. The second kappa shape index (κ2) is 14.1. The third-order valence-electron chi connectivity index (χ3n) is 7.15. The van der Waals surface area contributed by atoms with E-state index in [2.05, 4.69) is 39.8 Å². The number of anilines is 1. The van der Waals surface area contributed by atoms with E-state index in [0.29, 0.717) is 36.9 Å². The van der Waals surface area contributed by atoms with Gasteiger partial charge in [0.2, 0.25) is 15.9 Å². The van der Waals surface area contributed by atoms with Crippen LogP contribution in [0.3, 0.4) is 0 Å². The quantitative estimate of drug-likeness (QED) is 0.185. The maximum absolute atomic E-state index is 13.5. The van der Waals surface area contributed by atoms with E-state index in [0.717, 1.165) is 5.56 Å². The molecule has 0 radical (unpaired) electrons. The van der Waals surface area contributed by atoms with Gasteiger partial charge < -0.3 is 5.32 Å². The zero-order valence-corrected chi connectivity index (χ0v) is 25.7. The number of thiocarbonyl (C=S) groups is 1. The molecule has 4 aromatic rings. The molecule has 7 nitrogen and oxygen atoms in total. The Labute approximate surface area is 262 Å². The highest BCUT2D eigenvalue weighted by atomic mass is 35.5. The molecule has 10 heteroatoms. The van der Waals surface area contributed by atoms with E-state index in [1.54, 1.807) is 54.6 Å². The summed E-state index contributed by atoms with van der Waals surface area (Å²) < 4.78 is 28.5. The van der Waals surface area contributed by atoms with Crippen molar-refractivity contribution < 1.29 is 13.2 Å². The Kier molecular flexibility index (Phi) is 10.0. The molecule has 2 N–H and O–H groups in total. The summed E-state index contributed by atoms with van der Waals surface area (Å²) in [6.07, 6.45) is 3.02. The van der Waals surface area contributed by atoms with Crippen molar-refractivity contribution in [3.05, 3.63) is 137 Å². The number of rotatable bonds is 8. The van der Waals surface area contributed by atoms with Crippen LogP contribution in [0.25, 0.3) is 6.08 Å². The van der Waals surface area contributed by atoms with Gasteiger partial charge in [-0.3, -0.25) is 15.0 Å². The van der Waals surface area contributed by atoms with Gasteiger partial charge in [-0.2, -0.15) is 4.31 Å². The summed E-state index contributed by atoms with van der Waals surface area (Å²) in [5, 5.41) is 6.22. The summed E-state index contributed by atoms with van der Waals surface area (Å²) in [4.78, 5) is 14.8. The number of piperazine rings is 1. The number of nitrogens with zero attached hydrogens (tertiary/aromatic N) is 2. The van der Waals surface area contributed by atoms with E-state index >= 15 is 0 Å². The molecule has 0 aliphatic carbocycles. The molecule has 1 amide bonds. The first kappa shape index (κ1) is 30.6. The lowest BCUT2D eigenvalue weighted by Crippen LogP contribution is -2.49. The van der Waals surface area contributed by atoms with Crippen molar-refractivity contribution >= 4 is 56.6 Å². The number of hydrogen-bond donors (Lipinski definition) is 2. The van der Waals surface area contributed by atoms with Crippen molar-refractivity contribution in [2.75, 3.05) is 31.5 Å². The molecule has 0 atom stereocenters. The number of nitrogens with one attached hydrogen (secondary N) is 2. The lowest BCUT2D eigenvalue weighted by Gasteiger charge is -2.39. The Bertz CT molecular complexity index is 1630. The zero-order chi connectivity index (χ0) is 30.2. The van der Waals surface area contributed by atoms with Gasteiger partial charge in [-0.25, -0.2) is 8.42 Å². The van der Waals surface area contributed by atoms with Crippen LogP contribution in [0, 0.1) is 0 Å². The van der Waals surface area contributed by atoms with E-state index in [-0.39, 0.29) is 16.0 Å². The first-order valence-electron chi connectivity index (χ1n) is 13.8. The van der Waals surface area contributed by atoms with Crippen molar-refractivity contribution in [2.45, 2.75) is 10.9 Å². The Morgan fingerprint density at radius 1 is 0.791 bits per heavy atom. The first-order valence-corrected chi connectivity index (χ1v) is 16.0. The van der Waals surface area contributed by atoms with Crippen molar-refractivity contribution in [1.82, 2.24) is 14.5 Å². The second-order valence-corrected chi connectivity index (χ2v) is 12.8. The standard InChI is InChI=1S/C33H31ClN4O3S2/c34-28-14-11-25(12-15-28)13-20-31(39)36-33(42)35-29-16-18-30(19-17-29)43(40,41)38-23-21-37(22-24-38)32(26-7-3-1-4-8-26)27-9-5-2-6-10-27/h1-20,32H,21-24H2,(H2,35,36,39,42)/b20-13+. The third-order valence-corrected chi connectivity index (χ3v) is 9.52. The fourth-order valence-electron chi connectivity index (χ4n) is 5.01. The molecule has 0 unspecified atom stereocenters. The number of amides is 1. The zero-order valence-electron chi connectivity index (χ0n) is 23.3. The van der Waals surface area contributed by atoms with Gasteiger partial charge in [-0.15, -0.1) is 0 Å². The number of carbonyl (C=O) groups excluding carboxylic acids is 1. The summed E-state index contributed by atoms with van der Waals surface area (Å²) in [5.74, 6) is -0.396. The summed E-state index contributed by atoms with van der Waals surface area (Å²) >= 11 is 11.1.